The quantitative estimate of drug-likeness (QED) is 0.724. The minimum atomic E-state index is -0.419. The molecule has 122 valence electrons. The Labute approximate surface area is 146 Å². The van der Waals surface area contributed by atoms with Crippen molar-refractivity contribution < 1.29 is 4.79 Å². The van der Waals surface area contributed by atoms with Crippen LogP contribution in [0.15, 0.2) is 52.5 Å². The van der Waals surface area contributed by atoms with Crippen molar-refractivity contribution in [2.24, 2.45) is 0 Å². The summed E-state index contributed by atoms with van der Waals surface area (Å²) in [5.74, 6) is -0.135. The van der Waals surface area contributed by atoms with Crippen LogP contribution in [-0.4, -0.2) is 26.0 Å². The first-order valence-corrected chi connectivity index (χ1v) is 8.43. The van der Waals surface area contributed by atoms with Crippen LogP contribution in [0.5, 0.6) is 0 Å². The first-order chi connectivity index (χ1) is 11.5. The van der Waals surface area contributed by atoms with Crippen LogP contribution in [-0.2, 0) is 4.79 Å². The van der Waals surface area contributed by atoms with Crippen molar-refractivity contribution in [2.45, 2.75) is 12.1 Å². The second-order valence-electron chi connectivity index (χ2n) is 5.07. The lowest BCUT2D eigenvalue weighted by atomic mass is 10.3. The zero-order chi connectivity index (χ0) is 17.1. The van der Waals surface area contributed by atoms with Crippen LogP contribution in [0.4, 0.5) is 5.69 Å². The van der Waals surface area contributed by atoms with E-state index in [4.69, 9.17) is 11.6 Å². The van der Waals surface area contributed by atoms with Crippen molar-refractivity contribution in [1.29, 1.82) is 0 Å². The van der Waals surface area contributed by atoms with E-state index in [-0.39, 0.29) is 16.8 Å². The molecular weight excluding hydrogens is 348 g/mol. The lowest BCUT2D eigenvalue weighted by Crippen LogP contribution is -2.20. The third-order valence-corrected chi connectivity index (χ3v) is 4.22. The molecule has 0 aliphatic carbocycles. The van der Waals surface area contributed by atoms with E-state index in [9.17, 15) is 9.59 Å². The smallest absolute Gasteiger partial charge is 0.325 e. The molecule has 0 radical (unpaired) electrons. The van der Waals surface area contributed by atoms with Gasteiger partial charge >= 0.3 is 5.69 Å². The van der Waals surface area contributed by atoms with Crippen LogP contribution < -0.4 is 11.0 Å². The van der Waals surface area contributed by atoms with Crippen LogP contribution in [0.25, 0.3) is 5.65 Å². The van der Waals surface area contributed by atoms with Gasteiger partial charge in [-0.2, -0.15) is 4.98 Å². The normalized spacial score (nSPS) is 10.8. The fourth-order valence-corrected chi connectivity index (χ4v) is 2.88. The molecular formula is C16H13ClN4O2S. The maximum absolute atomic E-state index is 12.0. The number of benzene rings is 1. The highest BCUT2D eigenvalue weighted by atomic mass is 35.5. The van der Waals surface area contributed by atoms with Crippen molar-refractivity contribution >= 4 is 40.6 Å². The molecule has 0 aliphatic rings. The van der Waals surface area contributed by atoms with Crippen molar-refractivity contribution in [3.05, 3.63) is 63.7 Å². The highest BCUT2D eigenvalue weighted by Crippen LogP contribution is 2.17. The van der Waals surface area contributed by atoms with Crippen molar-refractivity contribution in [2.75, 3.05) is 11.1 Å². The molecule has 3 rings (SSSR count). The Bertz CT molecular complexity index is 974. The number of fused-ring (bicyclic) bond motifs is 1. The molecule has 1 N–H and O–H groups in total. The van der Waals surface area contributed by atoms with Gasteiger partial charge in [-0.25, -0.2) is 9.78 Å². The average molecular weight is 361 g/mol. The number of carbonyl (C=O) groups excluding carboxylic acids is 1. The van der Waals surface area contributed by atoms with Crippen LogP contribution in [0.3, 0.4) is 0 Å². The second-order valence-corrected chi connectivity index (χ2v) is 6.45. The minimum Gasteiger partial charge on any atom is -0.325 e. The average Bonchev–Trinajstić information content (AvgIpc) is 2.52. The van der Waals surface area contributed by atoms with Gasteiger partial charge < -0.3 is 5.32 Å². The third-order valence-electron chi connectivity index (χ3n) is 3.14. The molecule has 2 aromatic heterocycles. The molecule has 0 aliphatic heterocycles. The minimum absolute atomic E-state index is 0.0912. The van der Waals surface area contributed by atoms with Gasteiger partial charge in [-0.05, 0) is 42.8 Å². The SMILES string of the molecule is Cc1ccn2c(=O)nc(SCC(=O)Nc3cccc(Cl)c3)nc2c1. The highest BCUT2D eigenvalue weighted by molar-refractivity contribution is 7.99. The number of pyridine rings is 1. The van der Waals surface area contributed by atoms with E-state index in [0.717, 1.165) is 17.3 Å². The molecule has 0 saturated heterocycles. The largest absolute Gasteiger partial charge is 0.355 e. The van der Waals surface area contributed by atoms with E-state index >= 15 is 0 Å². The fourth-order valence-electron chi connectivity index (χ4n) is 2.05. The number of nitrogens with one attached hydrogen (secondary N) is 1. The van der Waals surface area contributed by atoms with E-state index in [1.165, 1.54) is 4.40 Å². The van der Waals surface area contributed by atoms with Crippen molar-refractivity contribution in [1.82, 2.24) is 14.4 Å². The number of aromatic nitrogens is 3. The first kappa shape index (κ1) is 16.5. The number of anilines is 1. The Kier molecular flexibility index (Phi) is 4.82. The molecule has 0 spiro atoms. The van der Waals surface area contributed by atoms with Crippen molar-refractivity contribution in [3.63, 3.8) is 0 Å². The number of halogens is 1. The van der Waals surface area contributed by atoms with Gasteiger partial charge in [-0.1, -0.05) is 29.4 Å². The molecule has 24 heavy (non-hydrogen) atoms. The highest BCUT2D eigenvalue weighted by Gasteiger charge is 2.09. The van der Waals surface area contributed by atoms with Crippen LogP contribution in [0.2, 0.25) is 5.02 Å². The van der Waals surface area contributed by atoms with Gasteiger partial charge in [0.1, 0.15) is 5.65 Å². The standard InChI is InChI=1S/C16H13ClN4O2S/c1-10-5-6-21-13(7-10)19-15(20-16(21)23)24-9-14(22)18-12-4-2-3-11(17)8-12/h2-8H,9H2,1H3,(H,18,22). The topological polar surface area (TPSA) is 76.4 Å². The molecule has 1 aromatic carbocycles. The van der Waals surface area contributed by atoms with Gasteiger partial charge in [-0.3, -0.25) is 9.20 Å². The van der Waals surface area contributed by atoms with Gasteiger partial charge in [0.2, 0.25) is 5.91 Å². The number of aryl methyl sites for hydroxylation is 1. The summed E-state index contributed by atoms with van der Waals surface area (Å²) in [6.07, 6.45) is 1.63. The summed E-state index contributed by atoms with van der Waals surface area (Å²) >= 11 is 6.98. The fraction of sp³-hybridized carbons (Fsp3) is 0.125. The summed E-state index contributed by atoms with van der Waals surface area (Å²) in [6.45, 7) is 1.91. The van der Waals surface area contributed by atoms with E-state index < -0.39 is 5.69 Å². The summed E-state index contributed by atoms with van der Waals surface area (Å²) in [7, 11) is 0. The molecule has 0 atom stereocenters. The zero-order valence-corrected chi connectivity index (χ0v) is 14.3. The number of hydrogen-bond donors (Lipinski definition) is 1. The Balaban J connectivity index is 1.71. The number of nitrogens with zero attached hydrogens (tertiary/aromatic N) is 3. The monoisotopic (exact) mass is 360 g/mol. The van der Waals surface area contributed by atoms with E-state index in [1.807, 2.05) is 13.0 Å². The van der Waals surface area contributed by atoms with Gasteiger partial charge in [0, 0.05) is 16.9 Å². The summed E-state index contributed by atoms with van der Waals surface area (Å²) in [5.41, 5.74) is 1.69. The summed E-state index contributed by atoms with van der Waals surface area (Å²) < 4.78 is 1.36. The lowest BCUT2D eigenvalue weighted by molar-refractivity contribution is -0.113. The third kappa shape index (κ3) is 3.93. The predicted molar refractivity (Wildman–Crippen MR) is 94.8 cm³/mol. The molecule has 1 amide bonds. The first-order valence-electron chi connectivity index (χ1n) is 7.06. The molecule has 0 bridgehead atoms. The van der Waals surface area contributed by atoms with Gasteiger partial charge in [0.15, 0.2) is 5.16 Å². The predicted octanol–water partition coefficient (Wildman–Crippen LogP) is 2.78. The maximum Gasteiger partial charge on any atom is 0.355 e. The number of amides is 1. The van der Waals surface area contributed by atoms with Crippen LogP contribution >= 0.6 is 23.4 Å². The molecule has 0 unspecified atom stereocenters. The number of rotatable bonds is 4. The zero-order valence-electron chi connectivity index (χ0n) is 12.7. The maximum atomic E-state index is 12.0. The Morgan fingerprint density at radius 1 is 1.29 bits per heavy atom. The Morgan fingerprint density at radius 2 is 2.12 bits per heavy atom. The van der Waals surface area contributed by atoms with Gasteiger partial charge in [0.05, 0.1) is 5.75 Å². The molecule has 0 fully saturated rings. The van der Waals surface area contributed by atoms with E-state index in [0.29, 0.717) is 16.4 Å². The van der Waals surface area contributed by atoms with Crippen molar-refractivity contribution in [3.8, 4) is 0 Å². The Morgan fingerprint density at radius 3 is 2.92 bits per heavy atom. The lowest BCUT2D eigenvalue weighted by Gasteiger charge is -2.06. The number of hydrogen-bond acceptors (Lipinski definition) is 5. The van der Waals surface area contributed by atoms with Gasteiger partial charge in [-0.15, -0.1) is 0 Å². The number of carbonyl (C=O) groups is 1. The molecule has 2 heterocycles. The molecule has 8 heteroatoms. The summed E-state index contributed by atoms with van der Waals surface area (Å²) in [4.78, 5) is 32.1. The van der Waals surface area contributed by atoms with E-state index in [1.54, 1.807) is 36.5 Å². The van der Waals surface area contributed by atoms with Crippen LogP contribution in [0.1, 0.15) is 5.56 Å². The summed E-state index contributed by atoms with van der Waals surface area (Å²) in [5, 5.41) is 3.54. The molecule has 3 aromatic rings. The molecule has 6 nitrogen and oxygen atoms in total. The summed E-state index contributed by atoms with van der Waals surface area (Å²) in [6, 6.07) is 10.5. The number of thioether (sulfide) groups is 1. The Hall–Kier alpha value is -2.38. The van der Waals surface area contributed by atoms with E-state index in [2.05, 4.69) is 15.3 Å². The molecule has 0 saturated carbocycles. The van der Waals surface area contributed by atoms with Crippen LogP contribution in [0, 0.1) is 6.92 Å². The second kappa shape index (κ2) is 7.02. The van der Waals surface area contributed by atoms with Gasteiger partial charge in [0.25, 0.3) is 0 Å².